The Kier molecular flexibility index (Phi) is 2.21. The zero-order valence-corrected chi connectivity index (χ0v) is 5.69. The summed E-state index contributed by atoms with van der Waals surface area (Å²) in [6, 6.07) is 1.12. The summed E-state index contributed by atoms with van der Waals surface area (Å²) in [6.07, 6.45) is -3.22. The van der Waals surface area contributed by atoms with Crippen molar-refractivity contribution >= 4 is 0 Å². The van der Waals surface area contributed by atoms with Crippen LogP contribution >= 0.6 is 0 Å². The average Bonchev–Trinajstić information content (AvgIpc) is 1.97. The van der Waals surface area contributed by atoms with Crippen molar-refractivity contribution in [2.75, 3.05) is 0 Å². The third-order valence-corrected chi connectivity index (χ3v) is 1.33. The molecule has 1 rings (SSSR count). The molecule has 1 aromatic rings. The van der Waals surface area contributed by atoms with E-state index in [-0.39, 0.29) is 0 Å². The smallest absolute Gasteiger partial charge is 0.270 e. The lowest BCUT2D eigenvalue weighted by Crippen LogP contribution is -1.93. The molecule has 0 spiro atoms. The molecule has 0 aliphatic heterocycles. The molecule has 5 heteroatoms. The number of hydrogen-bond donors (Lipinski definition) is 1. The zero-order chi connectivity index (χ0) is 9.30. The van der Waals surface area contributed by atoms with E-state index in [4.69, 9.17) is 5.11 Å². The van der Waals surface area contributed by atoms with Crippen LogP contribution in [0.4, 0.5) is 17.6 Å². The first-order valence-corrected chi connectivity index (χ1v) is 2.99. The summed E-state index contributed by atoms with van der Waals surface area (Å²) in [6.45, 7) is 0. The molecule has 0 radical (unpaired) electrons. The van der Waals surface area contributed by atoms with Gasteiger partial charge in [-0.15, -0.1) is 0 Å². The molecule has 0 saturated carbocycles. The van der Waals surface area contributed by atoms with Gasteiger partial charge in [-0.05, 0) is 12.1 Å². The van der Waals surface area contributed by atoms with E-state index >= 15 is 0 Å². The highest BCUT2D eigenvalue weighted by Gasteiger charge is 2.20. The number of alkyl halides is 2. The molecule has 66 valence electrons. The van der Waals surface area contributed by atoms with E-state index in [1.165, 1.54) is 0 Å². The summed E-state index contributed by atoms with van der Waals surface area (Å²) in [5, 5.41) is 8.65. The highest BCUT2D eigenvalue weighted by Crippen LogP contribution is 2.32. The zero-order valence-electron chi connectivity index (χ0n) is 5.69. The first kappa shape index (κ1) is 8.83. The molecule has 1 aromatic carbocycles. The minimum atomic E-state index is -3.22. The SMILES string of the molecule is Oc1c(F)ccc(F)c1C(F)F. The number of benzene rings is 1. The van der Waals surface area contributed by atoms with Gasteiger partial charge in [0.15, 0.2) is 11.6 Å². The Labute approximate surface area is 65.3 Å². The maximum Gasteiger partial charge on any atom is 0.270 e. The van der Waals surface area contributed by atoms with Crippen molar-refractivity contribution in [3.05, 3.63) is 29.3 Å². The average molecular weight is 180 g/mol. The van der Waals surface area contributed by atoms with E-state index in [0.29, 0.717) is 12.1 Å². The molecular weight excluding hydrogens is 176 g/mol. The lowest BCUT2D eigenvalue weighted by molar-refractivity contribution is 0.141. The molecule has 0 saturated heterocycles. The fraction of sp³-hybridized carbons (Fsp3) is 0.143. The van der Waals surface area contributed by atoms with Gasteiger partial charge in [-0.2, -0.15) is 0 Å². The molecule has 1 nitrogen and oxygen atoms in total. The molecule has 12 heavy (non-hydrogen) atoms. The molecule has 0 heterocycles. The molecule has 0 unspecified atom stereocenters. The lowest BCUT2D eigenvalue weighted by atomic mass is 10.2. The second-order valence-corrected chi connectivity index (χ2v) is 2.09. The van der Waals surface area contributed by atoms with Gasteiger partial charge in [0, 0.05) is 0 Å². The maximum atomic E-state index is 12.5. The normalized spacial score (nSPS) is 10.8. The van der Waals surface area contributed by atoms with Crippen LogP contribution in [0.5, 0.6) is 5.75 Å². The van der Waals surface area contributed by atoms with E-state index in [1.54, 1.807) is 0 Å². The van der Waals surface area contributed by atoms with Crippen LogP contribution in [0.3, 0.4) is 0 Å². The van der Waals surface area contributed by atoms with E-state index < -0.39 is 29.4 Å². The summed E-state index contributed by atoms with van der Waals surface area (Å²) in [5.41, 5.74) is -1.30. The number of phenols is 1. The van der Waals surface area contributed by atoms with Crippen molar-refractivity contribution in [2.24, 2.45) is 0 Å². The van der Waals surface area contributed by atoms with Gasteiger partial charge in [0.25, 0.3) is 6.43 Å². The van der Waals surface area contributed by atoms with E-state index in [9.17, 15) is 17.6 Å². The molecule has 1 N–H and O–H groups in total. The number of rotatable bonds is 1. The Morgan fingerprint density at radius 1 is 1.08 bits per heavy atom. The predicted octanol–water partition coefficient (Wildman–Crippen LogP) is 2.61. The second kappa shape index (κ2) is 3.00. The highest BCUT2D eigenvalue weighted by molar-refractivity contribution is 5.35. The van der Waals surface area contributed by atoms with Crippen LogP contribution in [0, 0.1) is 11.6 Å². The quantitative estimate of drug-likeness (QED) is 0.658. The van der Waals surface area contributed by atoms with Crippen molar-refractivity contribution in [1.82, 2.24) is 0 Å². The minimum Gasteiger partial charge on any atom is -0.504 e. The Hall–Kier alpha value is -1.26. The number of hydrogen-bond acceptors (Lipinski definition) is 1. The summed E-state index contributed by atoms with van der Waals surface area (Å²) < 4.78 is 48.6. The molecule has 0 bridgehead atoms. The second-order valence-electron chi connectivity index (χ2n) is 2.09. The van der Waals surface area contributed by atoms with Gasteiger partial charge in [-0.3, -0.25) is 0 Å². The number of phenolic OH excluding ortho intramolecular Hbond substituents is 1. The van der Waals surface area contributed by atoms with Crippen LogP contribution in [0.25, 0.3) is 0 Å². The Balaban J connectivity index is 3.33. The van der Waals surface area contributed by atoms with Crippen LogP contribution in [0.2, 0.25) is 0 Å². The van der Waals surface area contributed by atoms with Crippen molar-refractivity contribution in [3.8, 4) is 5.75 Å². The largest absolute Gasteiger partial charge is 0.504 e. The van der Waals surface area contributed by atoms with Crippen molar-refractivity contribution in [2.45, 2.75) is 6.43 Å². The number of halogens is 4. The van der Waals surface area contributed by atoms with Gasteiger partial charge in [0.2, 0.25) is 0 Å². The fourth-order valence-electron chi connectivity index (χ4n) is 0.764. The maximum absolute atomic E-state index is 12.5. The summed E-state index contributed by atoms with van der Waals surface area (Å²) in [4.78, 5) is 0. The van der Waals surface area contributed by atoms with Gasteiger partial charge >= 0.3 is 0 Å². The molecule has 0 aliphatic rings. The molecular formula is C7H4F4O. The van der Waals surface area contributed by atoms with Crippen molar-refractivity contribution in [3.63, 3.8) is 0 Å². The third kappa shape index (κ3) is 1.34. The standard InChI is InChI=1S/C7H4F4O/c8-3-1-2-4(9)6(12)5(3)7(10)11/h1-2,7,12H. The van der Waals surface area contributed by atoms with Gasteiger partial charge in [-0.25, -0.2) is 17.6 Å². The lowest BCUT2D eigenvalue weighted by Gasteiger charge is -2.04. The van der Waals surface area contributed by atoms with Crippen LogP contribution in [-0.2, 0) is 0 Å². The number of aromatic hydroxyl groups is 1. The van der Waals surface area contributed by atoms with Crippen molar-refractivity contribution < 1.29 is 22.7 Å². The topological polar surface area (TPSA) is 20.2 Å². The summed E-state index contributed by atoms with van der Waals surface area (Å²) in [7, 11) is 0. The van der Waals surface area contributed by atoms with E-state index in [0.717, 1.165) is 0 Å². The molecule has 0 amide bonds. The van der Waals surface area contributed by atoms with E-state index in [2.05, 4.69) is 0 Å². The van der Waals surface area contributed by atoms with Crippen LogP contribution in [-0.4, -0.2) is 5.11 Å². The first-order valence-electron chi connectivity index (χ1n) is 2.99. The van der Waals surface area contributed by atoms with Crippen LogP contribution < -0.4 is 0 Å². The summed E-state index contributed by atoms with van der Waals surface area (Å²) in [5.74, 6) is -3.90. The fourth-order valence-corrected chi connectivity index (χ4v) is 0.764. The van der Waals surface area contributed by atoms with Crippen LogP contribution in [0.15, 0.2) is 12.1 Å². The van der Waals surface area contributed by atoms with Crippen molar-refractivity contribution in [1.29, 1.82) is 0 Å². The monoisotopic (exact) mass is 180 g/mol. The molecule has 0 fully saturated rings. The van der Waals surface area contributed by atoms with Gasteiger partial charge in [0.05, 0.1) is 5.56 Å². The molecule has 0 aliphatic carbocycles. The van der Waals surface area contributed by atoms with Gasteiger partial charge in [0.1, 0.15) is 5.82 Å². The Morgan fingerprint density at radius 3 is 2.00 bits per heavy atom. The minimum absolute atomic E-state index is 0.538. The third-order valence-electron chi connectivity index (χ3n) is 1.33. The predicted molar refractivity (Wildman–Crippen MR) is 33.0 cm³/mol. The molecule has 0 aromatic heterocycles. The van der Waals surface area contributed by atoms with Gasteiger partial charge < -0.3 is 5.11 Å². The van der Waals surface area contributed by atoms with Gasteiger partial charge in [-0.1, -0.05) is 0 Å². The van der Waals surface area contributed by atoms with E-state index in [1.807, 2.05) is 0 Å². The molecule has 0 atom stereocenters. The Morgan fingerprint density at radius 2 is 1.58 bits per heavy atom. The summed E-state index contributed by atoms with van der Waals surface area (Å²) >= 11 is 0. The van der Waals surface area contributed by atoms with Crippen LogP contribution in [0.1, 0.15) is 12.0 Å². The Bertz CT molecular complexity index is 298. The first-order chi connectivity index (χ1) is 5.54. The highest BCUT2D eigenvalue weighted by atomic mass is 19.3.